The number of hydrogen-bond donors (Lipinski definition) is 0. The summed E-state index contributed by atoms with van der Waals surface area (Å²) < 4.78 is 0. The van der Waals surface area contributed by atoms with Gasteiger partial charge in [-0.1, -0.05) is 35.4 Å². The molecule has 3 rings (SSSR count). The zero-order chi connectivity index (χ0) is 17.8. The number of halogens is 1. The Morgan fingerprint density at radius 3 is 2.56 bits per heavy atom. The Kier molecular flexibility index (Phi) is 5.10. The topological polar surface area (TPSA) is 46.1 Å². The highest BCUT2D eigenvalue weighted by Gasteiger charge is 2.13. The van der Waals surface area contributed by atoms with Crippen molar-refractivity contribution in [1.82, 2.24) is 9.97 Å². The summed E-state index contributed by atoms with van der Waals surface area (Å²) in [4.78, 5) is 22.6. The number of aromatic nitrogens is 2. The van der Waals surface area contributed by atoms with Crippen molar-refractivity contribution in [3.63, 3.8) is 0 Å². The van der Waals surface area contributed by atoms with Gasteiger partial charge < -0.3 is 4.90 Å². The Labute approximate surface area is 152 Å². The van der Waals surface area contributed by atoms with Gasteiger partial charge in [-0.05, 0) is 36.8 Å². The number of carbonyl (C=O) groups is 1. The molecule has 0 amide bonds. The van der Waals surface area contributed by atoms with Gasteiger partial charge in [-0.15, -0.1) is 0 Å². The summed E-state index contributed by atoms with van der Waals surface area (Å²) in [5, 5.41) is 0.586. The van der Waals surface area contributed by atoms with Crippen molar-refractivity contribution in [2.75, 3.05) is 11.9 Å². The lowest BCUT2D eigenvalue weighted by Gasteiger charge is -2.19. The molecular weight excluding hydrogens is 334 g/mol. The molecule has 0 fully saturated rings. The third-order valence-electron chi connectivity index (χ3n) is 4.04. The number of Topliss-reactive ketones (excluding diaryl/α,β-unsaturated/α-hetero) is 1. The zero-order valence-corrected chi connectivity index (χ0v) is 14.9. The molecule has 0 aliphatic heterocycles. The molecule has 0 saturated heterocycles. The van der Waals surface area contributed by atoms with E-state index in [9.17, 15) is 4.79 Å². The van der Waals surface area contributed by atoms with E-state index in [1.165, 1.54) is 6.33 Å². The van der Waals surface area contributed by atoms with Gasteiger partial charge in [-0.2, -0.15) is 0 Å². The van der Waals surface area contributed by atoms with Crippen molar-refractivity contribution < 1.29 is 4.79 Å². The molecule has 0 aliphatic rings. The monoisotopic (exact) mass is 351 g/mol. The van der Waals surface area contributed by atoms with Crippen LogP contribution in [0.3, 0.4) is 0 Å². The largest absolute Gasteiger partial charge is 0.342 e. The van der Waals surface area contributed by atoms with Gasteiger partial charge in [0.15, 0.2) is 5.78 Å². The molecule has 0 saturated carbocycles. The smallest absolute Gasteiger partial charge is 0.167 e. The van der Waals surface area contributed by atoms with Crippen LogP contribution in [0, 0.1) is 6.92 Å². The van der Waals surface area contributed by atoms with Crippen LogP contribution < -0.4 is 4.90 Å². The quantitative estimate of drug-likeness (QED) is 0.628. The van der Waals surface area contributed by atoms with Crippen LogP contribution in [0.5, 0.6) is 0 Å². The molecule has 0 N–H and O–H groups in total. The SMILES string of the molecule is Cc1cccc(C(=O)Cc2cc(N(C)c3cncnc3)ccc2Cl)c1. The van der Waals surface area contributed by atoms with E-state index in [1.807, 2.05) is 61.3 Å². The lowest BCUT2D eigenvalue weighted by atomic mass is 10.0. The predicted octanol–water partition coefficient (Wildman–Crippen LogP) is 4.63. The summed E-state index contributed by atoms with van der Waals surface area (Å²) in [6.07, 6.45) is 5.22. The van der Waals surface area contributed by atoms with Crippen LogP contribution in [0.25, 0.3) is 0 Å². The number of carbonyl (C=O) groups excluding carboxylic acids is 1. The van der Waals surface area contributed by atoms with E-state index in [0.717, 1.165) is 22.5 Å². The van der Waals surface area contributed by atoms with Gasteiger partial charge >= 0.3 is 0 Å². The molecule has 4 nitrogen and oxygen atoms in total. The summed E-state index contributed by atoms with van der Waals surface area (Å²) in [5.74, 6) is 0.0495. The van der Waals surface area contributed by atoms with Crippen LogP contribution in [0.4, 0.5) is 11.4 Å². The Morgan fingerprint density at radius 1 is 1.08 bits per heavy atom. The minimum Gasteiger partial charge on any atom is -0.342 e. The summed E-state index contributed by atoms with van der Waals surface area (Å²) in [7, 11) is 1.92. The van der Waals surface area contributed by atoms with Crippen LogP contribution in [0.15, 0.2) is 61.2 Å². The second-order valence-electron chi connectivity index (χ2n) is 5.90. The van der Waals surface area contributed by atoms with Gasteiger partial charge in [0.05, 0.1) is 18.1 Å². The normalized spacial score (nSPS) is 10.5. The third-order valence-corrected chi connectivity index (χ3v) is 4.41. The van der Waals surface area contributed by atoms with Crippen LogP contribution in [0.1, 0.15) is 21.5 Å². The standard InChI is InChI=1S/C20H18ClN3O/c1-14-4-3-5-15(8-14)20(25)10-16-9-17(6-7-19(16)21)24(2)18-11-22-13-23-12-18/h3-9,11-13H,10H2,1-2H3. The Morgan fingerprint density at radius 2 is 1.84 bits per heavy atom. The fourth-order valence-corrected chi connectivity index (χ4v) is 2.80. The molecule has 25 heavy (non-hydrogen) atoms. The number of aryl methyl sites for hydroxylation is 1. The highest BCUT2D eigenvalue weighted by Crippen LogP contribution is 2.28. The molecule has 0 bridgehead atoms. The van der Waals surface area contributed by atoms with Crippen LogP contribution in [-0.2, 0) is 6.42 Å². The Balaban J connectivity index is 1.86. The second kappa shape index (κ2) is 7.45. The van der Waals surface area contributed by atoms with Crippen LogP contribution >= 0.6 is 11.6 Å². The first-order valence-corrected chi connectivity index (χ1v) is 8.29. The molecule has 0 unspecified atom stereocenters. The van der Waals surface area contributed by atoms with Crippen molar-refractivity contribution in [2.24, 2.45) is 0 Å². The van der Waals surface area contributed by atoms with E-state index < -0.39 is 0 Å². The molecule has 1 aromatic heterocycles. The van der Waals surface area contributed by atoms with E-state index >= 15 is 0 Å². The average Bonchev–Trinajstić information content (AvgIpc) is 2.63. The van der Waals surface area contributed by atoms with E-state index in [4.69, 9.17) is 11.6 Å². The molecule has 0 aliphatic carbocycles. The highest BCUT2D eigenvalue weighted by molar-refractivity contribution is 6.31. The first-order valence-electron chi connectivity index (χ1n) is 7.91. The molecule has 3 aromatic rings. The fourth-order valence-electron chi connectivity index (χ4n) is 2.61. The fraction of sp³-hybridized carbons (Fsp3) is 0.150. The predicted molar refractivity (Wildman–Crippen MR) is 101 cm³/mol. The van der Waals surface area contributed by atoms with Gasteiger partial charge in [0, 0.05) is 29.7 Å². The zero-order valence-electron chi connectivity index (χ0n) is 14.1. The molecule has 1 heterocycles. The van der Waals surface area contributed by atoms with E-state index in [0.29, 0.717) is 10.6 Å². The lowest BCUT2D eigenvalue weighted by Crippen LogP contribution is -2.11. The summed E-state index contributed by atoms with van der Waals surface area (Å²) >= 11 is 6.31. The molecule has 0 spiro atoms. The van der Waals surface area contributed by atoms with Crippen LogP contribution in [0.2, 0.25) is 5.02 Å². The Bertz CT molecular complexity index is 896. The minimum absolute atomic E-state index is 0.0495. The maximum Gasteiger partial charge on any atom is 0.167 e. The van der Waals surface area contributed by atoms with Crippen LogP contribution in [-0.4, -0.2) is 22.8 Å². The second-order valence-corrected chi connectivity index (χ2v) is 6.31. The number of benzene rings is 2. The van der Waals surface area contributed by atoms with Crippen molar-refractivity contribution in [2.45, 2.75) is 13.3 Å². The number of anilines is 2. The van der Waals surface area contributed by atoms with E-state index in [-0.39, 0.29) is 12.2 Å². The third kappa shape index (κ3) is 4.03. The minimum atomic E-state index is 0.0495. The molecule has 0 atom stereocenters. The van der Waals surface area contributed by atoms with Crippen molar-refractivity contribution in [3.05, 3.63) is 82.9 Å². The van der Waals surface area contributed by atoms with Gasteiger partial charge in [-0.3, -0.25) is 4.79 Å². The van der Waals surface area contributed by atoms with Gasteiger partial charge in [0.25, 0.3) is 0 Å². The van der Waals surface area contributed by atoms with Crippen molar-refractivity contribution in [3.8, 4) is 0 Å². The number of ketones is 1. The first-order chi connectivity index (χ1) is 12.0. The van der Waals surface area contributed by atoms with Gasteiger partial charge in [0.1, 0.15) is 6.33 Å². The summed E-state index contributed by atoms with van der Waals surface area (Å²) in [6, 6.07) is 13.3. The molecule has 0 radical (unpaired) electrons. The number of nitrogens with zero attached hydrogens (tertiary/aromatic N) is 3. The Hall–Kier alpha value is -2.72. The van der Waals surface area contributed by atoms with Crippen molar-refractivity contribution >= 4 is 28.8 Å². The van der Waals surface area contributed by atoms with E-state index in [2.05, 4.69) is 9.97 Å². The molecular formula is C20H18ClN3O. The first kappa shape index (κ1) is 17.1. The van der Waals surface area contributed by atoms with Gasteiger partial charge in [0.2, 0.25) is 0 Å². The number of hydrogen-bond acceptors (Lipinski definition) is 4. The summed E-state index contributed by atoms with van der Waals surface area (Å²) in [6.45, 7) is 1.97. The number of rotatable bonds is 5. The lowest BCUT2D eigenvalue weighted by molar-refractivity contribution is 0.0993. The molecule has 126 valence electrons. The maximum atomic E-state index is 12.6. The molecule has 5 heteroatoms. The van der Waals surface area contributed by atoms with Crippen molar-refractivity contribution in [1.29, 1.82) is 0 Å². The highest BCUT2D eigenvalue weighted by atomic mass is 35.5. The summed E-state index contributed by atoms with van der Waals surface area (Å²) in [5.41, 5.74) is 4.35. The molecule has 2 aromatic carbocycles. The maximum absolute atomic E-state index is 12.6. The van der Waals surface area contributed by atoms with Gasteiger partial charge in [-0.25, -0.2) is 9.97 Å². The average molecular weight is 352 g/mol. The van der Waals surface area contributed by atoms with E-state index in [1.54, 1.807) is 12.4 Å².